The number of sulfonamides is 1. The lowest BCUT2D eigenvalue weighted by atomic mass is 10.1. The van der Waals surface area contributed by atoms with Crippen LogP contribution in [0.3, 0.4) is 0 Å². The van der Waals surface area contributed by atoms with Crippen molar-refractivity contribution >= 4 is 39.4 Å². The molecule has 0 fully saturated rings. The number of nitrogens with zero attached hydrogens (tertiary/aromatic N) is 2. The van der Waals surface area contributed by atoms with Gasteiger partial charge in [-0.3, -0.25) is 9.10 Å². The van der Waals surface area contributed by atoms with Crippen LogP contribution >= 0.6 is 11.6 Å². The summed E-state index contributed by atoms with van der Waals surface area (Å²) in [6, 6.07) is 20.2. The number of amides is 1. The van der Waals surface area contributed by atoms with E-state index >= 15 is 0 Å². The van der Waals surface area contributed by atoms with Gasteiger partial charge in [-0.05, 0) is 55.3 Å². The van der Waals surface area contributed by atoms with Gasteiger partial charge in [0.1, 0.15) is 6.54 Å². The van der Waals surface area contributed by atoms with Crippen LogP contribution in [0.1, 0.15) is 16.7 Å². The molecule has 160 valence electrons. The Morgan fingerprint density at radius 2 is 1.77 bits per heavy atom. The zero-order chi connectivity index (χ0) is 22.4. The fourth-order valence-electron chi connectivity index (χ4n) is 2.90. The highest BCUT2D eigenvalue weighted by Gasteiger charge is 2.27. The van der Waals surface area contributed by atoms with Crippen LogP contribution in [-0.4, -0.2) is 27.1 Å². The fraction of sp³-hybridized carbons (Fsp3) is 0.130. The minimum absolute atomic E-state index is 0.0710. The van der Waals surface area contributed by atoms with Gasteiger partial charge in [-0.2, -0.15) is 5.10 Å². The van der Waals surface area contributed by atoms with Gasteiger partial charge in [0.2, 0.25) is 0 Å². The highest BCUT2D eigenvalue weighted by atomic mass is 35.5. The molecule has 0 saturated heterocycles. The lowest BCUT2D eigenvalue weighted by Crippen LogP contribution is -2.39. The summed E-state index contributed by atoms with van der Waals surface area (Å²) in [4.78, 5) is 12.6. The summed E-state index contributed by atoms with van der Waals surface area (Å²) in [5, 5.41) is 4.35. The van der Waals surface area contributed by atoms with Crippen molar-refractivity contribution in [3.63, 3.8) is 0 Å². The lowest BCUT2D eigenvalue weighted by molar-refractivity contribution is -0.119. The molecule has 0 unspecified atom stereocenters. The minimum Gasteiger partial charge on any atom is -0.271 e. The Morgan fingerprint density at radius 3 is 2.48 bits per heavy atom. The minimum atomic E-state index is -3.99. The van der Waals surface area contributed by atoms with E-state index in [0.29, 0.717) is 5.02 Å². The number of carbonyl (C=O) groups is 1. The van der Waals surface area contributed by atoms with Gasteiger partial charge in [0, 0.05) is 5.02 Å². The Morgan fingerprint density at radius 1 is 1.03 bits per heavy atom. The molecule has 0 atom stereocenters. The SMILES string of the molecule is Cc1ccc(C)c(/C=N/NC(=O)CN(c2cccc(Cl)c2)S(=O)(=O)c2ccccc2)c1. The van der Waals surface area contributed by atoms with Crippen molar-refractivity contribution in [3.8, 4) is 0 Å². The van der Waals surface area contributed by atoms with Gasteiger partial charge in [0.05, 0.1) is 16.8 Å². The predicted molar refractivity (Wildman–Crippen MR) is 124 cm³/mol. The number of halogens is 1. The van der Waals surface area contributed by atoms with Crippen molar-refractivity contribution in [2.24, 2.45) is 5.10 Å². The number of benzene rings is 3. The Balaban J connectivity index is 1.84. The molecule has 0 bridgehead atoms. The molecule has 0 aliphatic heterocycles. The highest BCUT2D eigenvalue weighted by Crippen LogP contribution is 2.25. The van der Waals surface area contributed by atoms with Crippen molar-refractivity contribution in [2.45, 2.75) is 18.7 Å². The molecule has 1 amide bonds. The maximum Gasteiger partial charge on any atom is 0.264 e. The summed E-state index contributed by atoms with van der Waals surface area (Å²) in [6.07, 6.45) is 1.54. The fourth-order valence-corrected chi connectivity index (χ4v) is 4.52. The Hall–Kier alpha value is -3.16. The summed E-state index contributed by atoms with van der Waals surface area (Å²) in [7, 11) is -3.99. The average molecular weight is 456 g/mol. The standard InChI is InChI=1S/C23H22ClN3O3S/c1-17-11-12-18(2)19(13-17)15-25-26-23(28)16-27(21-8-6-7-20(24)14-21)31(29,30)22-9-4-3-5-10-22/h3-15H,16H2,1-2H3,(H,26,28)/b25-15+. The van der Waals surface area contributed by atoms with E-state index in [2.05, 4.69) is 10.5 Å². The van der Waals surface area contributed by atoms with Crippen LogP contribution in [0.25, 0.3) is 0 Å². The first-order valence-electron chi connectivity index (χ1n) is 9.50. The number of aryl methyl sites for hydroxylation is 2. The van der Waals surface area contributed by atoms with Crippen LogP contribution in [-0.2, 0) is 14.8 Å². The van der Waals surface area contributed by atoms with E-state index in [9.17, 15) is 13.2 Å². The van der Waals surface area contributed by atoms with E-state index in [4.69, 9.17) is 11.6 Å². The third-order valence-electron chi connectivity index (χ3n) is 4.54. The molecule has 0 aliphatic rings. The summed E-state index contributed by atoms with van der Waals surface area (Å²) in [5.41, 5.74) is 5.63. The molecule has 1 N–H and O–H groups in total. The molecule has 3 aromatic rings. The van der Waals surface area contributed by atoms with Gasteiger partial charge in [-0.15, -0.1) is 0 Å². The van der Waals surface area contributed by atoms with E-state index in [1.807, 2.05) is 32.0 Å². The topological polar surface area (TPSA) is 78.8 Å². The largest absolute Gasteiger partial charge is 0.271 e. The molecule has 0 heterocycles. The van der Waals surface area contributed by atoms with E-state index < -0.39 is 22.5 Å². The zero-order valence-corrected chi connectivity index (χ0v) is 18.7. The molecule has 3 aromatic carbocycles. The monoisotopic (exact) mass is 455 g/mol. The first-order valence-corrected chi connectivity index (χ1v) is 11.3. The summed E-state index contributed by atoms with van der Waals surface area (Å²) in [5.74, 6) is -0.582. The normalized spacial score (nSPS) is 11.5. The number of carbonyl (C=O) groups excluding carboxylic acids is 1. The van der Waals surface area contributed by atoms with Gasteiger partial charge in [0.25, 0.3) is 15.9 Å². The van der Waals surface area contributed by atoms with Crippen molar-refractivity contribution in [1.29, 1.82) is 0 Å². The smallest absolute Gasteiger partial charge is 0.264 e. The lowest BCUT2D eigenvalue weighted by Gasteiger charge is -2.23. The van der Waals surface area contributed by atoms with Crippen LogP contribution in [0.5, 0.6) is 0 Å². The van der Waals surface area contributed by atoms with Crippen molar-refractivity contribution < 1.29 is 13.2 Å². The van der Waals surface area contributed by atoms with Crippen LogP contribution in [0, 0.1) is 13.8 Å². The third-order valence-corrected chi connectivity index (χ3v) is 6.57. The molecule has 0 radical (unpaired) electrons. The van der Waals surface area contributed by atoms with Crippen LogP contribution in [0.15, 0.2) is 82.8 Å². The van der Waals surface area contributed by atoms with E-state index in [1.165, 1.54) is 24.4 Å². The number of nitrogens with one attached hydrogen (secondary N) is 1. The number of hydrogen-bond acceptors (Lipinski definition) is 4. The van der Waals surface area contributed by atoms with Gasteiger partial charge in [-0.25, -0.2) is 13.8 Å². The molecule has 6 nitrogen and oxygen atoms in total. The van der Waals surface area contributed by atoms with E-state index in [1.54, 1.807) is 36.4 Å². The Labute approximate surface area is 187 Å². The van der Waals surface area contributed by atoms with Gasteiger partial charge < -0.3 is 0 Å². The molecule has 3 rings (SSSR count). The Bertz CT molecular complexity index is 1210. The highest BCUT2D eigenvalue weighted by molar-refractivity contribution is 7.92. The number of anilines is 1. The van der Waals surface area contributed by atoms with Crippen molar-refractivity contribution in [1.82, 2.24) is 5.43 Å². The molecule has 31 heavy (non-hydrogen) atoms. The van der Waals surface area contributed by atoms with Crippen LogP contribution in [0.4, 0.5) is 5.69 Å². The quantitative estimate of drug-likeness (QED) is 0.426. The third kappa shape index (κ3) is 5.71. The second kappa shape index (κ2) is 9.76. The first kappa shape index (κ1) is 22.5. The molecule has 0 aromatic heterocycles. The molecule has 0 saturated carbocycles. The van der Waals surface area contributed by atoms with E-state index in [0.717, 1.165) is 21.0 Å². The van der Waals surface area contributed by atoms with Crippen LogP contribution in [0.2, 0.25) is 5.02 Å². The summed E-state index contributed by atoms with van der Waals surface area (Å²) < 4.78 is 27.5. The molecule has 8 heteroatoms. The first-order chi connectivity index (χ1) is 14.8. The van der Waals surface area contributed by atoms with Crippen LogP contribution < -0.4 is 9.73 Å². The average Bonchev–Trinajstić information content (AvgIpc) is 2.75. The Kier molecular flexibility index (Phi) is 7.09. The molecule has 0 spiro atoms. The predicted octanol–water partition coefficient (Wildman–Crippen LogP) is 4.30. The van der Waals surface area contributed by atoms with E-state index in [-0.39, 0.29) is 10.6 Å². The second-order valence-electron chi connectivity index (χ2n) is 6.96. The molecular formula is C23H22ClN3O3S. The second-order valence-corrected chi connectivity index (χ2v) is 9.26. The van der Waals surface area contributed by atoms with Crippen molar-refractivity contribution in [2.75, 3.05) is 10.8 Å². The number of hydrogen-bond donors (Lipinski definition) is 1. The van der Waals surface area contributed by atoms with Gasteiger partial charge >= 0.3 is 0 Å². The number of rotatable bonds is 7. The summed E-state index contributed by atoms with van der Waals surface area (Å²) in [6.45, 7) is 3.45. The van der Waals surface area contributed by atoms with Gasteiger partial charge in [0.15, 0.2) is 0 Å². The maximum absolute atomic E-state index is 13.2. The van der Waals surface area contributed by atoms with Crippen molar-refractivity contribution in [3.05, 3.63) is 94.5 Å². The number of hydrazone groups is 1. The zero-order valence-electron chi connectivity index (χ0n) is 17.1. The maximum atomic E-state index is 13.2. The molecule has 0 aliphatic carbocycles. The summed E-state index contributed by atoms with van der Waals surface area (Å²) >= 11 is 6.05. The van der Waals surface area contributed by atoms with Gasteiger partial charge in [-0.1, -0.05) is 59.6 Å². The molecular weight excluding hydrogens is 434 g/mol.